The molecule has 1 aliphatic rings. The molecule has 1 amide bonds. The fourth-order valence-corrected chi connectivity index (χ4v) is 3.52. The molecule has 1 atom stereocenters. The van der Waals surface area contributed by atoms with Gasteiger partial charge in [-0.3, -0.25) is 14.9 Å². The largest absolute Gasteiger partial charge is 0.336 e. The smallest absolute Gasteiger partial charge is 0.276 e. The molecule has 0 aromatic heterocycles. The maximum absolute atomic E-state index is 12.6. The van der Waals surface area contributed by atoms with Crippen molar-refractivity contribution in [2.75, 3.05) is 6.54 Å². The number of hydrogen-bond acceptors (Lipinski definition) is 3. The van der Waals surface area contributed by atoms with E-state index in [1.807, 2.05) is 29.2 Å². The molecule has 1 unspecified atom stereocenters. The highest BCUT2D eigenvalue weighted by atomic mass is 35.5. The topological polar surface area (TPSA) is 63.4 Å². The molecule has 2 aromatic carbocycles. The average Bonchev–Trinajstić information content (AvgIpc) is 3.10. The summed E-state index contributed by atoms with van der Waals surface area (Å²) in [6.45, 7) is 0.690. The third-order valence-corrected chi connectivity index (χ3v) is 4.98. The van der Waals surface area contributed by atoms with Gasteiger partial charge in [0, 0.05) is 29.8 Å². The molecule has 26 heavy (non-hydrogen) atoms. The Morgan fingerprint density at radius 2 is 1.96 bits per heavy atom. The van der Waals surface area contributed by atoms with Crippen LogP contribution >= 0.6 is 11.6 Å². The first kappa shape index (κ1) is 18.1. The summed E-state index contributed by atoms with van der Waals surface area (Å²) >= 11 is 6.24. The summed E-state index contributed by atoms with van der Waals surface area (Å²) in [5, 5.41) is 11.8. The number of nitro groups is 1. The molecular weight excluding hydrogens is 352 g/mol. The van der Waals surface area contributed by atoms with Gasteiger partial charge in [-0.05, 0) is 43.0 Å². The van der Waals surface area contributed by atoms with E-state index in [2.05, 4.69) is 0 Å². The van der Waals surface area contributed by atoms with Crippen molar-refractivity contribution in [2.45, 2.75) is 25.3 Å². The van der Waals surface area contributed by atoms with Crippen LogP contribution in [0, 0.1) is 10.1 Å². The van der Waals surface area contributed by atoms with E-state index < -0.39 is 4.92 Å². The van der Waals surface area contributed by atoms with Gasteiger partial charge in [0.15, 0.2) is 0 Å². The molecule has 0 N–H and O–H groups in total. The molecule has 1 fully saturated rings. The van der Waals surface area contributed by atoms with Crippen LogP contribution in [0.2, 0.25) is 5.02 Å². The van der Waals surface area contributed by atoms with Gasteiger partial charge in [0.05, 0.1) is 10.5 Å². The second kappa shape index (κ2) is 8.15. The van der Waals surface area contributed by atoms with Gasteiger partial charge in [-0.1, -0.05) is 41.9 Å². The lowest BCUT2D eigenvalue weighted by atomic mass is 10.0. The molecule has 0 spiro atoms. The molecule has 0 saturated carbocycles. The Kier molecular flexibility index (Phi) is 5.68. The number of nitro benzene ring substituents is 1. The summed E-state index contributed by atoms with van der Waals surface area (Å²) in [5.41, 5.74) is 1.44. The Bertz CT molecular complexity index is 850. The SMILES string of the molecule is O=C(C=Cc1ccccc1[N+](=O)[O-])N1CCCC1Cc1ccccc1Cl. The van der Waals surface area contributed by atoms with Crippen LogP contribution in [0.15, 0.2) is 54.6 Å². The summed E-state index contributed by atoms with van der Waals surface area (Å²) in [6.07, 6.45) is 5.53. The van der Waals surface area contributed by atoms with Crippen LogP contribution in [-0.2, 0) is 11.2 Å². The summed E-state index contributed by atoms with van der Waals surface area (Å²) in [6, 6.07) is 14.1. The zero-order chi connectivity index (χ0) is 18.5. The molecule has 1 saturated heterocycles. The quantitative estimate of drug-likeness (QED) is 0.442. The van der Waals surface area contributed by atoms with Crippen molar-refractivity contribution >= 4 is 29.3 Å². The van der Waals surface area contributed by atoms with E-state index in [1.54, 1.807) is 18.2 Å². The van der Waals surface area contributed by atoms with Crippen molar-refractivity contribution in [2.24, 2.45) is 0 Å². The normalized spacial score (nSPS) is 17.0. The van der Waals surface area contributed by atoms with E-state index in [0.29, 0.717) is 23.6 Å². The van der Waals surface area contributed by atoms with Gasteiger partial charge in [-0.2, -0.15) is 0 Å². The minimum Gasteiger partial charge on any atom is -0.336 e. The van der Waals surface area contributed by atoms with Crippen LogP contribution in [0.3, 0.4) is 0 Å². The molecule has 5 nitrogen and oxygen atoms in total. The number of nitrogens with zero attached hydrogens (tertiary/aromatic N) is 2. The first-order valence-corrected chi connectivity index (χ1v) is 8.89. The second-order valence-corrected chi connectivity index (χ2v) is 6.68. The first-order chi connectivity index (χ1) is 12.6. The summed E-state index contributed by atoms with van der Waals surface area (Å²) in [7, 11) is 0. The summed E-state index contributed by atoms with van der Waals surface area (Å²) in [4.78, 5) is 25.1. The Labute approximate surface area is 157 Å². The molecule has 1 heterocycles. The monoisotopic (exact) mass is 370 g/mol. The van der Waals surface area contributed by atoms with Crippen LogP contribution in [0.25, 0.3) is 6.08 Å². The Morgan fingerprint density at radius 1 is 1.23 bits per heavy atom. The van der Waals surface area contributed by atoms with Crippen molar-refractivity contribution in [3.05, 3.63) is 80.9 Å². The predicted octanol–water partition coefficient (Wildman–Crippen LogP) is 4.50. The molecule has 3 rings (SSSR count). The van der Waals surface area contributed by atoms with Crippen LogP contribution in [-0.4, -0.2) is 28.3 Å². The average molecular weight is 371 g/mol. The lowest BCUT2D eigenvalue weighted by Crippen LogP contribution is -2.35. The van der Waals surface area contributed by atoms with Gasteiger partial charge in [-0.15, -0.1) is 0 Å². The number of benzene rings is 2. The molecule has 0 aliphatic carbocycles. The summed E-state index contributed by atoms with van der Waals surface area (Å²) < 4.78 is 0. The lowest BCUT2D eigenvalue weighted by molar-refractivity contribution is -0.385. The van der Waals surface area contributed by atoms with Crippen molar-refractivity contribution in [1.29, 1.82) is 0 Å². The van der Waals surface area contributed by atoms with Crippen LogP contribution in [0.1, 0.15) is 24.0 Å². The van der Waals surface area contributed by atoms with Gasteiger partial charge in [-0.25, -0.2) is 0 Å². The van der Waals surface area contributed by atoms with E-state index >= 15 is 0 Å². The van der Waals surface area contributed by atoms with Gasteiger partial charge < -0.3 is 4.90 Å². The van der Waals surface area contributed by atoms with Gasteiger partial charge in [0.1, 0.15) is 0 Å². The fraction of sp³-hybridized carbons (Fsp3) is 0.250. The van der Waals surface area contributed by atoms with Gasteiger partial charge in [0.25, 0.3) is 5.69 Å². The third-order valence-electron chi connectivity index (χ3n) is 4.61. The number of rotatable bonds is 5. The third kappa shape index (κ3) is 4.11. The number of carbonyl (C=O) groups excluding carboxylic acids is 1. The van der Waals surface area contributed by atoms with Crippen LogP contribution < -0.4 is 0 Å². The highest BCUT2D eigenvalue weighted by molar-refractivity contribution is 6.31. The minimum absolute atomic E-state index is 0.00871. The molecule has 0 bridgehead atoms. The second-order valence-electron chi connectivity index (χ2n) is 6.27. The zero-order valence-electron chi connectivity index (χ0n) is 14.2. The molecule has 134 valence electrons. The number of likely N-dealkylation sites (tertiary alicyclic amines) is 1. The fourth-order valence-electron chi connectivity index (χ4n) is 3.31. The molecular formula is C20H19ClN2O3. The van der Waals surface area contributed by atoms with Crippen molar-refractivity contribution in [3.63, 3.8) is 0 Å². The molecule has 0 radical (unpaired) electrons. The number of amides is 1. The number of para-hydroxylation sites is 1. The molecule has 2 aromatic rings. The molecule has 1 aliphatic heterocycles. The highest BCUT2D eigenvalue weighted by Crippen LogP contribution is 2.25. The number of carbonyl (C=O) groups is 1. The maximum Gasteiger partial charge on any atom is 0.276 e. The van der Waals surface area contributed by atoms with Crippen molar-refractivity contribution < 1.29 is 9.72 Å². The van der Waals surface area contributed by atoms with Crippen molar-refractivity contribution in [1.82, 2.24) is 4.90 Å². The van der Waals surface area contributed by atoms with E-state index in [9.17, 15) is 14.9 Å². The Hall–Kier alpha value is -2.66. The molecule has 6 heteroatoms. The number of hydrogen-bond donors (Lipinski definition) is 0. The lowest BCUT2D eigenvalue weighted by Gasteiger charge is -2.24. The van der Waals surface area contributed by atoms with Crippen molar-refractivity contribution in [3.8, 4) is 0 Å². The van der Waals surface area contributed by atoms with Crippen LogP contribution in [0.4, 0.5) is 5.69 Å². The van der Waals surface area contributed by atoms with Crippen LogP contribution in [0.5, 0.6) is 0 Å². The minimum atomic E-state index is -0.444. The number of halogens is 1. The maximum atomic E-state index is 12.6. The highest BCUT2D eigenvalue weighted by Gasteiger charge is 2.28. The Morgan fingerprint density at radius 3 is 2.73 bits per heavy atom. The predicted molar refractivity (Wildman–Crippen MR) is 102 cm³/mol. The van der Waals surface area contributed by atoms with Gasteiger partial charge >= 0.3 is 0 Å². The first-order valence-electron chi connectivity index (χ1n) is 8.52. The Balaban J connectivity index is 1.73. The standard InChI is InChI=1S/C20H19ClN2O3/c21-18-9-3-1-7-16(18)14-17-8-5-13-22(17)20(24)12-11-15-6-2-4-10-19(15)23(25)26/h1-4,6-7,9-12,17H,5,8,13-14H2. The van der Waals surface area contributed by atoms with E-state index in [0.717, 1.165) is 18.4 Å². The van der Waals surface area contributed by atoms with E-state index in [4.69, 9.17) is 11.6 Å². The zero-order valence-corrected chi connectivity index (χ0v) is 14.9. The van der Waals surface area contributed by atoms with E-state index in [-0.39, 0.29) is 17.6 Å². The van der Waals surface area contributed by atoms with Gasteiger partial charge in [0.2, 0.25) is 5.91 Å². The van der Waals surface area contributed by atoms with E-state index in [1.165, 1.54) is 18.2 Å². The summed E-state index contributed by atoms with van der Waals surface area (Å²) in [5.74, 6) is -0.127.